The fourth-order valence-electron chi connectivity index (χ4n) is 7.82. The van der Waals surface area contributed by atoms with Crippen molar-refractivity contribution in [2.45, 2.75) is 133 Å². The Balaban J connectivity index is 2.34. The van der Waals surface area contributed by atoms with Crippen molar-refractivity contribution in [1.29, 1.82) is 0 Å². The van der Waals surface area contributed by atoms with Gasteiger partial charge in [0.25, 0.3) is 0 Å². The smallest absolute Gasteiger partial charge is 0.326 e. The van der Waals surface area contributed by atoms with Crippen LogP contribution >= 0.6 is 11.8 Å². The average molecular weight is 1180 g/mol. The summed E-state index contributed by atoms with van der Waals surface area (Å²) in [4.78, 5) is 176. The fraction of sp³-hybridized carbons (Fsp3) is 0.551. The number of para-hydroxylation sites is 1. The maximum absolute atomic E-state index is 14.0. The highest BCUT2D eigenvalue weighted by Crippen LogP contribution is 2.20. The van der Waals surface area contributed by atoms with Crippen LogP contribution in [0.4, 0.5) is 0 Å². The normalized spacial score (nSPS) is 14.3. The van der Waals surface area contributed by atoms with E-state index in [1.807, 2.05) is 0 Å². The molecule has 0 aliphatic heterocycles. The van der Waals surface area contributed by atoms with Crippen LogP contribution in [0.15, 0.2) is 35.5 Å². The van der Waals surface area contributed by atoms with E-state index in [9.17, 15) is 82.8 Å². The first-order valence-electron chi connectivity index (χ1n) is 25.7. The van der Waals surface area contributed by atoms with Gasteiger partial charge in [-0.25, -0.2) is 4.79 Å². The van der Waals surface area contributed by atoms with Crippen molar-refractivity contribution >= 4 is 106 Å². The Bertz CT molecular complexity index is 2630. The molecular weight excluding hydrogens is 1100 g/mol. The zero-order chi connectivity index (χ0) is 61.8. The van der Waals surface area contributed by atoms with Crippen LogP contribution in [0.2, 0.25) is 0 Å². The number of nitrogens with one attached hydrogen (secondary N) is 10. The van der Waals surface area contributed by atoms with Gasteiger partial charge in [-0.3, -0.25) is 62.5 Å². The SMILES string of the molecule is CSCC[C@H](NC(=O)CN)C(=O)N[C@@H](CC(=O)O)C(=O)NCC(=O)N[C@H](C(=O)N[C@@H](CCC(N)=O)C(=O)N[C@@H](CC(C)C)C(=O)N[C@@H](CC(=O)O)C(=O)N[C@@H](CCCN=C(N)N)C(=O)N[C@@H](Cc1c[nH]c2ccccc12)C(=O)O)[C@@H](C)O. The molecular formula is C49H75N15O17S. The van der Waals surface area contributed by atoms with Crippen LogP contribution in [0.25, 0.3) is 10.9 Å². The van der Waals surface area contributed by atoms with Crippen LogP contribution in [-0.2, 0) is 68.7 Å². The number of thioether (sulfide) groups is 1. The summed E-state index contributed by atoms with van der Waals surface area (Å²) in [6.45, 7) is 2.82. The first-order chi connectivity index (χ1) is 38.6. The molecule has 454 valence electrons. The van der Waals surface area contributed by atoms with Gasteiger partial charge >= 0.3 is 17.9 Å². The van der Waals surface area contributed by atoms with Crippen molar-refractivity contribution < 1.29 is 82.8 Å². The van der Waals surface area contributed by atoms with Gasteiger partial charge in [-0.1, -0.05) is 32.0 Å². The predicted octanol–water partition coefficient (Wildman–Crippen LogP) is -5.80. The molecule has 0 aliphatic carbocycles. The summed E-state index contributed by atoms with van der Waals surface area (Å²) in [6.07, 6.45) is -2.09. The molecule has 1 aromatic carbocycles. The van der Waals surface area contributed by atoms with E-state index < -0.39 is 176 Å². The van der Waals surface area contributed by atoms with Crippen molar-refractivity contribution in [2.75, 3.05) is 31.6 Å². The van der Waals surface area contributed by atoms with E-state index in [4.69, 9.17) is 22.9 Å². The Morgan fingerprint density at radius 1 is 0.622 bits per heavy atom. The number of fused-ring (bicyclic) bond motifs is 1. The molecule has 82 heavy (non-hydrogen) atoms. The maximum Gasteiger partial charge on any atom is 0.326 e. The second-order valence-corrected chi connectivity index (χ2v) is 20.1. The third-order valence-corrected chi connectivity index (χ3v) is 12.6. The molecule has 0 bridgehead atoms. The largest absolute Gasteiger partial charge is 0.481 e. The van der Waals surface area contributed by atoms with E-state index in [0.717, 1.165) is 6.92 Å². The van der Waals surface area contributed by atoms with Gasteiger partial charge < -0.3 is 96.2 Å². The number of amides is 10. The summed E-state index contributed by atoms with van der Waals surface area (Å²) in [5, 5.41) is 61.3. The standard InChI is InChI=1S/C49H75N15O17S/c1-23(2)16-31(45(77)62-33(19-39(71)72)46(78)58-28(10-7-14-54-49(52)53)42(74)63-34(48(80)81)17-25-21-55-27-9-6-5-8-26(25)27)60-43(75)29(11-12-35(51)66)59-47(79)40(24(3)65)64-37(68)22-56-41(73)32(18-38(69)70)61-44(76)30(13-15-82-4)57-36(67)20-50/h5-6,8-9,21,23-24,28-34,40,55,65H,7,10-20,22,50H2,1-4H3,(H2,51,66)(H,56,73)(H,57,67)(H,58,78)(H,59,79)(H,60,75)(H,61,76)(H,62,77)(H,63,74)(H,64,68)(H,69,70)(H,71,72)(H,80,81)(H4,52,53,54)/t24-,28+,29+,30+,31+,32+,33+,34+,40+/m1/s1. The lowest BCUT2D eigenvalue weighted by molar-refractivity contribution is -0.143. The van der Waals surface area contributed by atoms with E-state index in [1.54, 1.807) is 50.6 Å². The molecule has 32 nitrogen and oxygen atoms in total. The first kappa shape index (κ1) is 69.5. The lowest BCUT2D eigenvalue weighted by Gasteiger charge is -2.28. The van der Waals surface area contributed by atoms with E-state index in [2.05, 4.69) is 57.8 Å². The molecule has 0 spiro atoms. The van der Waals surface area contributed by atoms with E-state index in [0.29, 0.717) is 22.2 Å². The molecule has 33 heteroatoms. The lowest BCUT2D eigenvalue weighted by atomic mass is 10.0. The van der Waals surface area contributed by atoms with Crippen LogP contribution in [0, 0.1) is 5.92 Å². The third kappa shape index (κ3) is 25.2. The molecule has 0 aliphatic rings. The topological polar surface area (TPSA) is 543 Å². The van der Waals surface area contributed by atoms with Gasteiger partial charge in [0.2, 0.25) is 59.1 Å². The number of aliphatic carboxylic acids is 3. The highest BCUT2D eigenvalue weighted by molar-refractivity contribution is 7.98. The number of aliphatic hydroxyl groups is 1. The van der Waals surface area contributed by atoms with Crippen LogP contribution in [-0.4, -0.2) is 194 Å². The molecule has 0 saturated carbocycles. The van der Waals surface area contributed by atoms with Crippen LogP contribution in [0.3, 0.4) is 0 Å². The van der Waals surface area contributed by atoms with Gasteiger partial charge in [-0.05, 0) is 68.6 Å². The number of aliphatic hydroxyl groups excluding tert-OH is 1. The number of hydrogen-bond acceptors (Lipinski definition) is 17. The number of nitrogens with two attached hydrogens (primary N) is 4. The summed E-state index contributed by atoms with van der Waals surface area (Å²) in [5.41, 5.74) is 22.8. The number of benzene rings is 1. The Morgan fingerprint density at radius 3 is 1.67 bits per heavy atom. The molecule has 1 aromatic heterocycles. The second kappa shape index (κ2) is 35.2. The number of guanidine groups is 1. The van der Waals surface area contributed by atoms with Gasteiger partial charge in [-0.2, -0.15) is 11.8 Å². The number of H-pyrrole nitrogens is 1. The number of nitrogens with zero attached hydrogens (tertiary/aromatic N) is 1. The quantitative estimate of drug-likeness (QED) is 0.0169. The highest BCUT2D eigenvalue weighted by atomic mass is 32.2. The summed E-state index contributed by atoms with van der Waals surface area (Å²) in [6, 6.07) is -6.28. The molecule has 2 aromatic rings. The lowest BCUT2D eigenvalue weighted by Crippen LogP contribution is -2.61. The van der Waals surface area contributed by atoms with Gasteiger partial charge in [0.15, 0.2) is 5.96 Å². The Hall–Kier alpha value is -8.59. The number of carbonyl (C=O) groups excluding carboxylic acids is 10. The minimum atomic E-state index is -1.95. The molecule has 0 saturated heterocycles. The Labute approximate surface area is 474 Å². The van der Waals surface area contributed by atoms with E-state index in [-0.39, 0.29) is 44.6 Å². The number of primary amides is 1. The van der Waals surface area contributed by atoms with Crippen LogP contribution in [0.5, 0.6) is 0 Å². The van der Waals surface area contributed by atoms with Gasteiger partial charge in [0, 0.05) is 36.5 Å². The van der Waals surface area contributed by atoms with E-state index >= 15 is 0 Å². The van der Waals surface area contributed by atoms with Crippen LogP contribution < -0.4 is 70.8 Å². The average Bonchev–Trinajstić information content (AvgIpc) is 3.93. The minimum Gasteiger partial charge on any atom is -0.481 e. The molecule has 9 atom stereocenters. The molecule has 0 radical (unpaired) electrons. The number of rotatable bonds is 38. The Morgan fingerprint density at radius 2 is 1.13 bits per heavy atom. The van der Waals surface area contributed by atoms with Crippen molar-refractivity contribution in [1.82, 2.24) is 52.8 Å². The van der Waals surface area contributed by atoms with E-state index in [1.165, 1.54) is 11.8 Å². The summed E-state index contributed by atoms with van der Waals surface area (Å²) >= 11 is 1.33. The molecule has 10 amide bonds. The van der Waals surface area contributed by atoms with Crippen molar-refractivity contribution in [3.63, 3.8) is 0 Å². The van der Waals surface area contributed by atoms with Gasteiger partial charge in [-0.15, -0.1) is 0 Å². The van der Waals surface area contributed by atoms with Crippen molar-refractivity contribution in [2.24, 2.45) is 33.8 Å². The number of carboxylic acids is 3. The summed E-state index contributed by atoms with van der Waals surface area (Å²) in [7, 11) is 0. The highest BCUT2D eigenvalue weighted by Gasteiger charge is 2.36. The minimum absolute atomic E-state index is 0.0317. The number of aliphatic imine (C=N–C) groups is 1. The summed E-state index contributed by atoms with van der Waals surface area (Å²) < 4.78 is 0. The fourth-order valence-corrected chi connectivity index (χ4v) is 8.29. The predicted molar refractivity (Wildman–Crippen MR) is 294 cm³/mol. The maximum atomic E-state index is 14.0. The van der Waals surface area contributed by atoms with Gasteiger partial charge in [0.1, 0.15) is 48.3 Å². The Kier molecular flexibility index (Phi) is 29.8. The summed E-state index contributed by atoms with van der Waals surface area (Å²) in [5.74, 6) is -15.6. The zero-order valence-electron chi connectivity index (χ0n) is 45.6. The second-order valence-electron chi connectivity index (χ2n) is 19.2. The molecule has 0 unspecified atom stereocenters. The number of carboxylic acid groups (broad SMARTS) is 3. The van der Waals surface area contributed by atoms with Crippen LogP contribution in [0.1, 0.15) is 77.7 Å². The first-order valence-corrected chi connectivity index (χ1v) is 27.1. The molecule has 1 heterocycles. The van der Waals surface area contributed by atoms with Crippen molar-refractivity contribution in [3.8, 4) is 0 Å². The number of carbonyl (C=O) groups is 13. The molecule has 22 N–H and O–H groups in total. The molecule has 2 rings (SSSR count). The monoisotopic (exact) mass is 1180 g/mol. The van der Waals surface area contributed by atoms with Crippen molar-refractivity contribution in [3.05, 3.63) is 36.0 Å². The molecule has 0 fully saturated rings. The number of aromatic nitrogens is 1. The number of aromatic amines is 1. The third-order valence-electron chi connectivity index (χ3n) is 11.9. The zero-order valence-corrected chi connectivity index (χ0v) is 46.4. The number of hydrogen-bond donors (Lipinski definition) is 18. The van der Waals surface area contributed by atoms with Gasteiger partial charge in [0.05, 0.1) is 32.0 Å².